The van der Waals surface area contributed by atoms with Crippen LogP contribution in [0.3, 0.4) is 0 Å². The van der Waals surface area contributed by atoms with E-state index in [4.69, 9.17) is 57.4 Å². The number of benzene rings is 1. The van der Waals surface area contributed by atoms with Crippen LogP contribution in [0, 0.1) is 59.2 Å². The number of ether oxygens (including phenoxy) is 1. The average Bonchev–Trinajstić information content (AvgIpc) is 1.54. The zero-order chi connectivity index (χ0) is 67.4. The molecule has 2 saturated heterocycles. The van der Waals surface area contributed by atoms with Crippen LogP contribution in [0.5, 0.6) is 0 Å². The van der Waals surface area contributed by atoms with Crippen LogP contribution in [0.4, 0.5) is 0 Å². The minimum absolute atomic E-state index is 0.0201. The summed E-state index contributed by atoms with van der Waals surface area (Å²) >= 11 is 0. The van der Waals surface area contributed by atoms with Crippen LogP contribution in [0.15, 0.2) is 67.8 Å². The number of aromatic nitrogens is 2. The number of nitrogens with two attached hydrogens (primary N) is 5. The number of carbonyl (C=O) groups excluding carboxylic acids is 7. The Morgan fingerprint density at radius 3 is 2.01 bits per heavy atom. The van der Waals surface area contributed by atoms with E-state index < -0.39 is 137 Å². The lowest BCUT2D eigenvalue weighted by Gasteiger charge is -2.48. The number of aliphatic hydroxyl groups is 2. The van der Waals surface area contributed by atoms with Crippen molar-refractivity contribution in [3.8, 4) is 0 Å². The number of phosphoric ester groups is 1. The SMILES string of the molecule is CNC(=O)C[C@H]1[C@H]2N=C(C(C)=C3N=C(C=C4NC(=C(C)C5=N[C@]2(C)[C@@](C)(CC(N)=O)[C@@H]5CCC(N)=O)[C@@](C)(CC(N)=O)[C@@H]4CCC(N)=O)C(C)(C)[C@@H]3CCC(N)=O)[C@]1(C)CCC(=O)NC[C@@H](C)OP(=O)(O)O[C@H]1[C@@H](O)[C@@H](n2cnc3cc(C)c(C)cc32)O[C@@H]1CO. The number of aliphatic imine (C=N–C) groups is 3. The number of fused-ring (bicyclic) bond motifs is 7. The molecule has 91 heavy (non-hydrogen) atoms. The van der Waals surface area contributed by atoms with Crippen LogP contribution in [0.1, 0.15) is 150 Å². The quantitative estimate of drug-likeness (QED) is 0.0601. The molecule has 7 amide bonds. The number of aryl methyl sites for hydroxylation is 2. The van der Waals surface area contributed by atoms with Crippen molar-refractivity contribution in [2.75, 3.05) is 20.2 Å². The molecule has 1 aromatic carbocycles. The predicted octanol–water partition coefficient (Wildman–Crippen LogP) is 3.42. The molecule has 498 valence electrons. The van der Waals surface area contributed by atoms with Crippen molar-refractivity contribution < 1.29 is 67.0 Å². The molecule has 15 atom stereocenters. The highest BCUT2D eigenvalue weighted by Gasteiger charge is 2.66. The second-order valence-electron chi connectivity index (χ2n) is 27.3. The van der Waals surface area contributed by atoms with Crippen LogP contribution in [-0.2, 0) is 51.9 Å². The average molecular weight is 1290 g/mol. The van der Waals surface area contributed by atoms with E-state index in [9.17, 15) is 53.2 Å². The smallest absolute Gasteiger partial charge is 0.394 e. The first-order valence-electron chi connectivity index (χ1n) is 31.0. The monoisotopic (exact) mass is 1290 g/mol. The van der Waals surface area contributed by atoms with Crippen molar-refractivity contribution in [3.63, 3.8) is 0 Å². The number of carbonyl (C=O) groups is 7. The number of imidazole rings is 1. The van der Waals surface area contributed by atoms with E-state index in [-0.39, 0.29) is 83.1 Å². The fourth-order valence-electron chi connectivity index (χ4n) is 15.5. The second kappa shape index (κ2) is 26.2. The fraction of sp³-hybridized carbons (Fsp3) is 0.635. The third-order valence-corrected chi connectivity index (χ3v) is 22.0. The molecule has 28 heteroatoms. The number of primary amides is 5. The Morgan fingerprint density at radius 1 is 0.813 bits per heavy atom. The Morgan fingerprint density at radius 2 is 1.42 bits per heavy atom. The molecule has 2 fully saturated rings. The van der Waals surface area contributed by atoms with Gasteiger partial charge in [0.1, 0.15) is 18.3 Å². The number of hydrogen-bond acceptors (Lipinski definition) is 18. The molecule has 16 N–H and O–H groups in total. The van der Waals surface area contributed by atoms with Crippen LogP contribution >= 0.6 is 7.82 Å². The summed E-state index contributed by atoms with van der Waals surface area (Å²) in [6.07, 6.45) is -3.95. The highest BCUT2D eigenvalue weighted by atomic mass is 31.2. The maximum atomic E-state index is 14.4. The number of rotatable bonds is 26. The molecule has 2 aromatic rings. The highest BCUT2D eigenvalue weighted by Crippen LogP contribution is 2.63. The van der Waals surface area contributed by atoms with Gasteiger partial charge < -0.3 is 69.0 Å². The Bertz CT molecular complexity index is 3560. The lowest BCUT2D eigenvalue weighted by Crippen LogP contribution is -2.56. The molecule has 8 rings (SSSR count). The molecule has 0 radical (unpaired) electrons. The first kappa shape index (κ1) is 69.9. The Hall–Kier alpha value is -7.00. The Balaban J connectivity index is 1.20. The third kappa shape index (κ3) is 13.3. The topological polar surface area (TPSA) is 446 Å². The standard InChI is InChI=1S/C63H92N13O14P/c1-30-21-40-41(22-31(30)2)76(29-71-40)58-53(85)54(42(28-77)88-58)90-91(86,87)89-32(3)27-70-49(83)19-20-60(8)38(23-50(84)69-12)57-63(11)62(10,26-48(68)82)37(15-18-46(66)80)52(75-63)34(5)56-61(9,25-47(67)81)35(13-16-44(64)78)39(72-56)24-43-59(6,7)36(14-17-45(65)79)51(73-43)33(4)55(60)74-57/h21-22,24,29,32,35-38,42,53-54,57-58,72,77,85H,13-20,23,25-28H2,1-12H3,(H2,64,78)(H2,65,79)(H2,66,80)(H2,67,81)(H2,68,82)(H,69,84)(H,70,83)(H,86,87)/t32-,35-,36-,37-,38+,42-,53-,54-,57-,58+,60-,61+,62+,63+/m1/s1. The number of aliphatic hydroxyl groups excluding tert-OH is 2. The van der Waals surface area contributed by atoms with Crippen LogP contribution in [0.25, 0.3) is 11.0 Å². The molecular formula is C63H92N13O14P. The van der Waals surface area contributed by atoms with E-state index in [0.29, 0.717) is 56.4 Å². The summed E-state index contributed by atoms with van der Waals surface area (Å²) in [4.78, 5) is 127. The van der Waals surface area contributed by atoms with Gasteiger partial charge in [-0.2, -0.15) is 0 Å². The first-order valence-corrected chi connectivity index (χ1v) is 32.5. The van der Waals surface area contributed by atoms with Gasteiger partial charge in [-0.05, 0) is 108 Å². The van der Waals surface area contributed by atoms with E-state index in [1.807, 2.05) is 87.4 Å². The molecule has 1 unspecified atom stereocenters. The number of amides is 7. The minimum Gasteiger partial charge on any atom is -0.394 e. The summed E-state index contributed by atoms with van der Waals surface area (Å²) in [7, 11) is -3.57. The number of hydrogen-bond donors (Lipinski definition) is 11. The van der Waals surface area contributed by atoms with Crippen molar-refractivity contribution in [2.45, 2.75) is 189 Å². The van der Waals surface area contributed by atoms with Crippen LogP contribution in [-0.4, -0.2) is 139 Å². The third-order valence-electron chi connectivity index (χ3n) is 20.9. The summed E-state index contributed by atoms with van der Waals surface area (Å²) in [6.45, 7) is 19.5. The van der Waals surface area contributed by atoms with E-state index in [0.717, 1.165) is 11.1 Å². The molecular weight excluding hydrogens is 1190 g/mol. The summed E-state index contributed by atoms with van der Waals surface area (Å²) in [5.74, 6) is -6.68. The summed E-state index contributed by atoms with van der Waals surface area (Å²) in [5, 5.41) is 31.1. The molecule has 1 aromatic heterocycles. The summed E-state index contributed by atoms with van der Waals surface area (Å²) < 4.78 is 32.3. The van der Waals surface area contributed by atoms with E-state index in [2.05, 4.69) is 20.9 Å². The van der Waals surface area contributed by atoms with Crippen molar-refractivity contribution in [1.82, 2.24) is 25.5 Å². The molecule has 7 heterocycles. The van der Waals surface area contributed by atoms with Crippen LogP contribution < -0.4 is 44.6 Å². The second-order valence-corrected chi connectivity index (χ2v) is 28.6. The molecule has 0 aliphatic carbocycles. The summed E-state index contributed by atoms with van der Waals surface area (Å²) in [5.41, 5.74) is 31.5. The van der Waals surface area contributed by atoms with Gasteiger partial charge in [-0.3, -0.25) is 57.6 Å². The van der Waals surface area contributed by atoms with Gasteiger partial charge in [-0.1, -0.05) is 34.6 Å². The van der Waals surface area contributed by atoms with Crippen molar-refractivity contribution >= 4 is 77.3 Å². The predicted molar refractivity (Wildman–Crippen MR) is 338 cm³/mol. The molecule has 27 nitrogen and oxygen atoms in total. The van der Waals surface area contributed by atoms with Crippen molar-refractivity contribution in [2.24, 2.45) is 89.0 Å². The first-order chi connectivity index (χ1) is 42.4. The molecule has 6 aliphatic heterocycles. The molecule has 8 bridgehead atoms. The number of phosphoric acid groups is 1. The van der Waals surface area contributed by atoms with Gasteiger partial charge >= 0.3 is 7.82 Å². The van der Waals surface area contributed by atoms with E-state index in [1.165, 1.54) is 20.3 Å². The normalized spacial score (nSPS) is 31.8. The lowest BCUT2D eigenvalue weighted by molar-refractivity contribution is -0.125. The van der Waals surface area contributed by atoms with E-state index >= 15 is 0 Å². The molecule has 0 spiro atoms. The molecule has 6 aliphatic rings. The Kier molecular flexibility index (Phi) is 20.1. The van der Waals surface area contributed by atoms with Gasteiger partial charge in [-0.25, -0.2) is 9.55 Å². The van der Waals surface area contributed by atoms with Gasteiger partial charge in [0.25, 0.3) is 0 Å². The largest absolute Gasteiger partial charge is 0.472 e. The lowest BCUT2D eigenvalue weighted by atomic mass is 9.55. The number of allylic oxidation sites excluding steroid dienone is 6. The number of nitrogens with zero attached hydrogens (tertiary/aromatic N) is 5. The zero-order valence-electron chi connectivity index (χ0n) is 54.2. The number of nitrogens with one attached hydrogen (secondary N) is 3. The maximum absolute atomic E-state index is 14.4. The van der Waals surface area contributed by atoms with Gasteiger partial charge in [0.15, 0.2) is 6.23 Å². The van der Waals surface area contributed by atoms with Gasteiger partial charge in [0.2, 0.25) is 41.4 Å². The van der Waals surface area contributed by atoms with Gasteiger partial charge in [0, 0.05) is 138 Å². The highest BCUT2D eigenvalue weighted by molar-refractivity contribution is 7.47. The van der Waals surface area contributed by atoms with Crippen molar-refractivity contribution in [3.05, 3.63) is 63.9 Å². The van der Waals surface area contributed by atoms with Crippen molar-refractivity contribution in [1.29, 1.82) is 0 Å². The van der Waals surface area contributed by atoms with E-state index in [1.54, 1.807) is 4.57 Å². The van der Waals surface area contributed by atoms with Crippen LogP contribution in [0.2, 0.25) is 0 Å². The van der Waals surface area contributed by atoms with Gasteiger partial charge in [0.05, 0.1) is 41.7 Å². The fourth-order valence-corrected chi connectivity index (χ4v) is 16.7. The Labute approximate surface area is 530 Å². The van der Waals surface area contributed by atoms with Gasteiger partial charge in [-0.15, -0.1) is 0 Å². The molecule has 0 saturated carbocycles. The minimum atomic E-state index is -5.06. The zero-order valence-corrected chi connectivity index (χ0v) is 55.1. The summed E-state index contributed by atoms with van der Waals surface area (Å²) in [6, 6.07) is 2.74. The maximum Gasteiger partial charge on any atom is 0.472 e.